The second-order valence-corrected chi connectivity index (χ2v) is 8.71. The third-order valence-electron chi connectivity index (χ3n) is 4.75. The Bertz CT molecular complexity index is 1180. The van der Waals surface area contributed by atoms with Crippen LogP contribution < -0.4 is 10.6 Å². The van der Waals surface area contributed by atoms with Gasteiger partial charge >= 0.3 is 5.97 Å². The second-order valence-electron chi connectivity index (χ2n) is 7.75. The smallest absolute Gasteiger partial charge is 0.341 e. The fourth-order valence-electron chi connectivity index (χ4n) is 3.29. The number of aryl methyl sites for hydroxylation is 4. The molecule has 0 saturated carbocycles. The number of hydrogen-bond acceptors (Lipinski definition) is 8. The lowest BCUT2D eigenvalue weighted by Crippen LogP contribution is -2.35. The highest BCUT2D eigenvalue weighted by molar-refractivity contribution is 7.98. The fourth-order valence-corrected chi connectivity index (χ4v) is 4.15. The predicted molar refractivity (Wildman–Crippen MR) is 128 cm³/mol. The molecule has 0 unspecified atom stereocenters. The van der Waals surface area contributed by atoms with Gasteiger partial charge in [0.25, 0.3) is 5.91 Å². The molecule has 10 heteroatoms. The number of pyridine rings is 1. The maximum Gasteiger partial charge on any atom is 0.341 e. The molecule has 0 radical (unpaired) electrons. The van der Waals surface area contributed by atoms with Crippen LogP contribution >= 0.6 is 11.8 Å². The molecule has 0 bridgehead atoms. The van der Waals surface area contributed by atoms with Gasteiger partial charge in [-0.3, -0.25) is 9.59 Å². The molecular weight excluding hydrogens is 456 g/mol. The van der Waals surface area contributed by atoms with E-state index >= 15 is 0 Å². The lowest BCUT2D eigenvalue weighted by atomic mass is 10.1. The van der Waals surface area contributed by atoms with E-state index in [1.165, 1.54) is 11.8 Å². The second kappa shape index (κ2) is 11.5. The average molecular weight is 483 g/mol. The Morgan fingerprint density at radius 3 is 2.47 bits per heavy atom. The number of hydrogen-bond donors (Lipinski definition) is 2. The fraction of sp³-hybridized carbons (Fsp3) is 0.292. The minimum atomic E-state index is -0.683. The van der Waals surface area contributed by atoms with E-state index in [2.05, 4.69) is 20.8 Å². The van der Waals surface area contributed by atoms with E-state index in [9.17, 15) is 14.4 Å². The van der Waals surface area contributed by atoms with Crippen molar-refractivity contribution in [2.45, 2.75) is 38.5 Å². The normalized spacial score (nSPS) is 10.6. The Morgan fingerprint density at radius 2 is 1.79 bits per heavy atom. The summed E-state index contributed by atoms with van der Waals surface area (Å²) >= 11 is 1.31. The zero-order chi connectivity index (χ0) is 24.7. The van der Waals surface area contributed by atoms with Crippen molar-refractivity contribution < 1.29 is 23.6 Å². The van der Waals surface area contributed by atoms with Gasteiger partial charge < -0.3 is 19.9 Å². The number of carbonyl (C=O) groups excluding carboxylic acids is 3. The highest BCUT2D eigenvalue weighted by Crippen LogP contribution is 2.25. The van der Waals surface area contributed by atoms with E-state index in [4.69, 9.17) is 9.26 Å². The van der Waals surface area contributed by atoms with Crippen molar-refractivity contribution in [2.24, 2.45) is 0 Å². The van der Waals surface area contributed by atoms with Crippen LogP contribution in [0.4, 0.5) is 5.69 Å². The van der Waals surface area contributed by atoms with Crippen molar-refractivity contribution in [1.82, 2.24) is 15.5 Å². The van der Waals surface area contributed by atoms with Crippen LogP contribution in [0.25, 0.3) is 0 Å². The number of ether oxygens (including phenoxy) is 1. The highest BCUT2D eigenvalue weighted by Gasteiger charge is 2.17. The van der Waals surface area contributed by atoms with Gasteiger partial charge in [0, 0.05) is 23.7 Å². The first-order valence-electron chi connectivity index (χ1n) is 10.5. The molecule has 1 aromatic carbocycles. The summed E-state index contributed by atoms with van der Waals surface area (Å²) in [6, 6.07) is 8.93. The summed E-state index contributed by atoms with van der Waals surface area (Å²) in [5.41, 5.74) is 4.67. The summed E-state index contributed by atoms with van der Waals surface area (Å²) in [6.45, 7) is 6.84. The summed E-state index contributed by atoms with van der Waals surface area (Å²) in [7, 11) is 0. The van der Waals surface area contributed by atoms with Crippen LogP contribution in [0.5, 0.6) is 0 Å². The minimum Gasteiger partial charge on any atom is -0.452 e. The van der Waals surface area contributed by atoms with E-state index in [0.717, 1.165) is 28.1 Å². The van der Waals surface area contributed by atoms with Crippen molar-refractivity contribution in [3.63, 3.8) is 0 Å². The maximum absolute atomic E-state index is 12.5. The van der Waals surface area contributed by atoms with Crippen LogP contribution in [0.2, 0.25) is 0 Å². The molecule has 3 aromatic rings. The van der Waals surface area contributed by atoms with E-state index in [0.29, 0.717) is 16.5 Å². The molecule has 0 aliphatic heterocycles. The lowest BCUT2D eigenvalue weighted by molar-refractivity contribution is -0.126. The van der Waals surface area contributed by atoms with Crippen molar-refractivity contribution in [3.05, 3.63) is 70.2 Å². The van der Waals surface area contributed by atoms with Gasteiger partial charge in [-0.05, 0) is 51.0 Å². The minimum absolute atomic E-state index is 0.239. The number of esters is 1. The van der Waals surface area contributed by atoms with Gasteiger partial charge in [-0.2, -0.15) is 0 Å². The van der Waals surface area contributed by atoms with Gasteiger partial charge in [-0.1, -0.05) is 34.6 Å². The van der Waals surface area contributed by atoms with Crippen molar-refractivity contribution >= 4 is 35.2 Å². The van der Waals surface area contributed by atoms with Crippen LogP contribution in [0.3, 0.4) is 0 Å². The van der Waals surface area contributed by atoms with Crippen LogP contribution in [0.1, 0.15) is 38.5 Å². The van der Waals surface area contributed by atoms with E-state index in [1.807, 2.05) is 32.9 Å². The van der Waals surface area contributed by atoms with Crippen molar-refractivity contribution in [2.75, 3.05) is 18.5 Å². The molecule has 0 aliphatic carbocycles. The molecule has 0 saturated heterocycles. The summed E-state index contributed by atoms with van der Waals surface area (Å²) < 4.78 is 10.2. The Balaban J connectivity index is 1.48. The van der Waals surface area contributed by atoms with Gasteiger partial charge in [0.05, 0.1) is 17.8 Å². The number of amides is 2. The summed E-state index contributed by atoms with van der Waals surface area (Å²) in [4.78, 5) is 41.1. The molecular formula is C24H26N4O5S. The number of nitrogens with one attached hydrogen (secondary N) is 2. The predicted octanol–water partition coefficient (Wildman–Crippen LogP) is 3.51. The lowest BCUT2D eigenvalue weighted by Gasteiger charge is -2.13. The number of carbonyl (C=O) groups is 3. The molecule has 9 nitrogen and oxygen atoms in total. The number of aromatic nitrogens is 2. The molecule has 0 fully saturated rings. The Kier molecular flexibility index (Phi) is 8.42. The molecule has 2 N–H and O–H groups in total. The Labute approximate surface area is 201 Å². The first-order chi connectivity index (χ1) is 16.2. The molecule has 3 rings (SSSR count). The number of nitrogens with zero attached hydrogens (tertiary/aromatic N) is 2. The summed E-state index contributed by atoms with van der Waals surface area (Å²) in [6.07, 6.45) is 1.57. The maximum atomic E-state index is 12.5. The van der Waals surface area contributed by atoms with Gasteiger partial charge in [0.2, 0.25) is 5.91 Å². The van der Waals surface area contributed by atoms with Crippen LogP contribution in [0, 0.1) is 27.7 Å². The third kappa shape index (κ3) is 6.92. The Morgan fingerprint density at radius 1 is 1.06 bits per heavy atom. The van der Waals surface area contributed by atoms with Gasteiger partial charge in [0.15, 0.2) is 6.61 Å². The zero-order valence-electron chi connectivity index (χ0n) is 19.4. The number of rotatable bonds is 9. The number of thioether (sulfide) groups is 1. The highest BCUT2D eigenvalue weighted by atomic mass is 32.2. The summed E-state index contributed by atoms with van der Waals surface area (Å²) in [5, 5.41) is 9.63. The van der Waals surface area contributed by atoms with Gasteiger partial charge in [-0.25, -0.2) is 9.78 Å². The first kappa shape index (κ1) is 25.0. The standard InChI is InChI=1S/C24H26N4O5S/c1-14-8-15(2)22(16(3)9-14)27-20(29)11-26-21(30)12-32-24(31)19-6-5-7-25-23(19)34-13-18-10-17(4)33-28-18/h5-10H,11-13H2,1-4H3,(H,26,30)(H,27,29). The van der Waals surface area contributed by atoms with Crippen LogP contribution in [-0.4, -0.2) is 41.1 Å². The molecule has 2 aromatic heterocycles. The monoisotopic (exact) mass is 482 g/mol. The van der Waals surface area contributed by atoms with Crippen molar-refractivity contribution in [3.8, 4) is 0 Å². The average Bonchev–Trinajstić information content (AvgIpc) is 3.22. The third-order valence-corrected chi connectivity index (χ3v) is 5.79. The zero-order valence-corrected chi connectivity index (χ0v) is 20.2. The SMILES string of the molecule is Cc1cc(C)c(NC(=O)CNC(=O)COC(=O)c2cccnc2SCc2cc(C)on2)c(C)c1. The quantitative estimate of drug-likeness (QED) is 0.351. The van der Waals surface area contributed by atoms with Crippen LogP contribution in [0.15, 0.2) is 46.1 Å². The van der Waals surface area contributed by atoms with E-state index < -0.39 is 18.5 Å². The molecule has 0 spiro atoms. The molecule has 34 heavy (non-hydrogen) atoms. The van der Waals surface area contributed by atoms with Gasteiger partial charge in [0.1, 0.15) is 10.8 Å². The Hall–Kier alpha value is -3.66. The molecule has 0 aliphatic rings. The molecule has 178 valence electrons. The number of anilines is 1. The van der Waals surface area contributed by atoms with Crippen LogP contribution in [-0.2, 0) is 20.1 Å². The molecule has 0 atom stereocenters. The van der Waals surface area contributed by atoms with Crippen molar-refractivity contribution in [1.29, 1.82) is 0 Å². The van der Waals surface area contributed by atoms with E-state index in [-0.39, 0.29) is 18.0 Å². The van der Waals surface area contributed by atoms with E-state index in [1.54, 1.807) is 31.3 Å². The first-order valence-corrected chi connectivity index (χ1v) is 11.5. The molecule has 2 amide bonds. The molecule has 2 heterocycles. The van der Waals surface area contributed by atoms with Gasteiger partial charge in [-0.15, -0.1) is 0 Å². The topological polar surface area (TPSA) is 123 Å². The number of benzene rings is 1. The largest absolute Gasteiger partial charge is 0.452 e. The summed E-state index contributed by atoms with van der Waals surface area (Å²) in [5.74, 6) is -0.484.